The highest BCUT2D eigenvalue weighted by atomic mass is 19.4. The van der Waals surface area contributed by atoms with Gasteiger partial charge in [0.2, 0.25) is 0 Å². The highest BCUT2D eigenvalue weighted by molar-refractivity contribution is 5.36. The van der Waals surface area contributed by atoms with E-state index in [-0.39, 0.29) is 6.61 Å². The van der Waals surface area contributed by atoms with E-state index in [1.165, 1.54) is 0 Å². The lowest BCUT2D eigenvalue weighted by Gasteiger charge is -2.34. The molecule has 1 unspecified atom stereocenters. The fourth-order valence-corrected chi connectivity index (χ4v) is 2.07. The SMILES string of the molecule is NC1(CCOCC(F)(F)F)COc2ccccc2C1. The van der Waals surface area contributed by atoms with E-state index in [0.717, 1.165) is 11.3 Å². The lowest BCUT2D eigenvalue weighted by Crippen LogP contribution is -2.50. The van der Waals surface area contributed by atoms with Gasteiger partial charge < -0.3 is 15.2 Å². The molecule has 1 aromatic rings. The van der Waals surface area contributed by atoms with Gasteiger partial charge in [-0.15, -0.1) is 0 Å². The Kier molecular flexibility index (Phi) is 4.01. The minimum absolute atomic E-state index is 0.0263. The molecule has 106 valence electrons. The molecule has 0 bridgehead atoms. The molecular weight excluding hydrogens is 259 g/mol. The van der Waals surface area contributed by atoms with E-state index in [2.05, 4.69) is 4.74 Å². The van der Waals surface area contributed by atoms with Crippen LogP contribution in [0.4, 0.5) is 13.2 Å². The van der Waals surface area contributed by atoms with Gasteiger partial charge in [0, 0.05) is 6.61 Å². The summed E-state index contributed by atoms with van der Waals surface area (Å²) in [7, 11) is 0. The molecule has 3 nitrogen and oxygen atoms in total. The van der Waals surface area contributed by atoms with E-state index in [9.17, 15) is 13.2 Å². The Hall–Kier alpha value is -1.27. The molecule has 1 aliphatic heterocycles. The summed E-state index contributed by atoms with van der Waals surface area (Å²) < 4.78 is 45.9. The monoisotopic (exact) mass is 275 g/mol. The van der Waals surface area contributed by atoms with Gasteiger partial charge in [0.05, 0.1) is 5.54 Å². The van der Waals surface area contributed by atoms with Crippen molar-refractivity contribution in [2.75, 3.05) is 19.8 Å². The normalized spacial score (nSPS) is 22.7. The average molecular weight is 275 g/mol. The molecule has 0 saturated carbocycles. The Labute approximate surface area is 109 Å². The summed E-state index contributed by atoms with van der Waals surface area (Å²) in [5.41, 5.74) is 6.45. The van der Waals surface area contributed by atoms with Crippen LogP contribution in [0.1, 0.15) is 12.0 Å². The Morgan fingerprint density at radius 2 is 2.05 bits per heavy atom. The Bertz CT molecular complexity index is 436. The maximum atomic E-state index is 11.9. The van der Waals surface area contributed by atoms with E-state index < -0.39 is 18.3 Å². The van der Waals surface area contributed by atoms with Crippen molar-refractivity contribution in [3.8, 4) is 5.75 Å². The van der Waals surface area contributed by atoms with Gasteiger partial charge in [0.15, 0.2) is 0 Å². The van der Waals surface area contributed by atoms with Crippen molar-refractivity contribution in [1.82, 2.24) is 0 Å². The number of ether oxygens (including phenoxy) is 2. The summed E-state index contributed by atoms with van der Waals surface area (Å²) in [5, 5.41) is 0. The van der Waals surface area contributed by atoms with E-state index in [0.29, 0.717) is 19.4 Å². The molecule has 19 heavy (non-hydrogen) atoms. The largest absolute Gasteiger partial charge is 0.491 e. The number of rotatable bonds is 4. The zero-order chi connectivity index (χ0) is 13.9. The van der Waals surface area contributed by atoms with Gasteiger partial charge in [-0.25, -0.2) is 0 Å². The summed E-state index contributed by atoms with van der Waals surface area (Å²) in [4.78, 5) is 0. The van der Waals surface area contributed by atoms with Crippen molar-refractivity contribution in [3.63, 3.8) is 0 Å². The number of hydrogen-bond donors (Lipinski definition) is 1. The van der Waals surface area contributed by atoms with Gasteiger partial charge in [0.25, 0.3) is 0 Å². The number of para-hydroxylation sites is 1. The van der Waals surface area contributed by atoms with Crippen molar-refractivity contribution in [1.29, 1.82) is 0 Å². The molecule has 0 fully saturated rings. The van der Waals surface area contributed by atoms with Gasteiger partial charge in [-0.05, 0) is 24.5 Å². The predicted molar refractivity (Wildman–Crippen MR) is 64.1 cm³/mol. The fourth-order valence-electron chi connectivity index (χ4n) is 2.07. The molecule has 2 N–H and O–H groups in total. The zero-order valence-corrected chi connectivity index (χ0v) is 10.4. The Morgan fingerprint density at radius 3 is 2.79 bits per heavy atom. The molecule has 0 spiro atoms. The van der Waals surface area contributed by atoms with Crippen molar-refractivity contribution in [2.24, 2.45) is 5.73 Å². The molecule has 0 aliphatic carbocycles. The second kappa shape index (κ2) is 5.38. The molecule has 1 heterocycles. The highest BCUT2D eigenvalue weighted by Gasteiger charge is 2.32. The third-order valence-electron chi connectivity index (χ3n) is 3.04. The molecule has 0 aromatic heterocycles. The molecule has 6 heteroatoms. The van der Waals surface area contributed by atoms with Crippen LogP contribution < -0.4 is 10.5 Å². The lowest BCUT2D eigenvalue weighted by molar-refractivity contribution is -0.175. The standard InChI is InChI=1S/C13H16F3NO2/c14-13(15,16)9-18-6-5-12(17)7-10-3-1-2-4-11(10)19-8-12/h1-4H,5-9,17H2. The zero-order valence-electron chi connectivity index (χ0n) is 10.4. The minimum Gasteiger partial charge on any atom is -0.491 e. The second-order valence-electron chi connectivity index (χ2n) is 4.85. The first kappa shape index (κ1) is 14.1. The Balaban J connectivity index is 1.84. The van der Waals surface area contributed by atoms with Crippen LogP contribution in [0.5, 0.6) is 5.75 Å². The highest BCUT2D eigenvalue weighted by Crippen LogP contribution is 2.29. The maximum absolute atomic E-state index is 11.9. The van der Waals surface area contributed by atoms with Crippen LogP contribution in [0.25, 0.3) is 0 Å². The van der Waals surface area contributed by atoms with Crippen LogP contribution in [0.3, 0.4) is 0 Å². The van der Waals surface area contributed by atoms with E-state index >= 15 is 0 Å². The van der Waals surface area contributed by atoms with Gasteiger partial charge in [-0.1, -0.05) is 18.2 Å². The molecule has 2 rings (SSSR count). The Morgan fingerprint density at radius 1 is 1.32 bits per heavy atom. The quantitative estimate of drug-likeness (QED) is 0.857. The third-order valence-corrected chi connectivity index (χ3v) is 3.04. The van der Waals surface area contributed by atoms with Crippen LogP contribution in [0, 0.1) is 0 Å². The van der Waals surface area contributed by atoms with Gasteiger partial charge in [0.1, 0.15) is 19.0 Å². The van der Waals surface area contributed by atoms with Gasteiger partial charge in [-0.3, -0.25) is 0 Å². The van der Waals surface area contributed by atoms with E-state index in [1.54, 1.807) is 0 Å². The minimum atomic E-state index is -4.29. The number of hydrogen-bond acceptors (Lipinski definition) is 3. The second-order valence-corrected chi connectivity index (χ2v) is 4.85. The molecule has 1 aliphatic rings. The van der Waals surface area contributed by atoms with Crippen LogP contribution in [0.2, 0.25) is 0 Å². The number of benzene rings is 1. The number of nitrogens with two attached hydrogens (primary N) is 1. The predicted octanol–water partition coefficient (Wildman–Crippen LogP) is 2.29. The summed E-state index contributed by atoms with van der Waals surface area (Å²) in [6.45, 7) is -0.971. The summed E-state index contributed by atoms with van der Waals surface area (Å²) in [5.74, 6) is 0.791. The third kappa shape index (κ3) is 4.11. The average Bonchev–Trinajstić information content (AvgIpc) is 2.34. The molecule has 1 aromatic carbocycles. The van der Waals surface area contributed by atoms with Crippen LogP contribution in [0.15, 0.2) is 24.3 Å². The summed E-state index contributed by atoms with van der Waals surface area (Å²) >= 11 is 0. The number of alkyl halides is 3. The summed E-state index contributed by atoms with van der Waals surface area (Å²) in [6, 6.07) is 7.52. The first-order chi connectivity index (χ1) is 8.88. The topological polar surface area (TPSA) is 44.5 Å². The van der Waals surface area contributed by atoms with Gasteiger partial charge in [-0.2, -0.15) is 13.2 Å². The first-order valence-electron chi connectivity index (χ1n) is 6.02. The smallest absolute Gasteiger partial charge is 0.411 e. The summed E-state index contributed by atoms with van der Waals surface area (Å²) in [6.07, 6.45) is -3.38. The van der Waals surface area contributed by atoms with Gasteiger partial charge >= 0.3 is 6.18 Å². The molecular formula is C13H16F3NO2. The van der Waals surface area contributed by atoms with Crippen molar-refractivity contribution in [3.05, 3.63) is 29.8 Å². The van der Waals surface area contributed by atoms with Crippen molar-refractivity contribution in [2.45, 2.75) is 24.6 Å². The van der Waals surface area contributed by atoms with Crippen LogP contribution in [-0.4, -0.2) is 31.5 Å². The van der Waals surface area contributed by atoms with Crippen LogP contribution in [-0.2, 0) is 11.2 Å². The van der Waals surface area contributed by atoms with Crippen molar-refractivity contribution >= 4 is 0 Å². The lowest BCUT2D eigenvalue weighted by atomic mass is 9.87. The molecule has 0 radical (unpaired) electrons. The first-order valence-corrected chi connectivity index (χ1v) is 6.02. The molecule has 0 amide bonds. The molecule has 0 saturated heterocycles. The van der Waals surface area contributed by atoms with Crippen LogP contribution >= 0.6 is 0 Å². The number of halogens is 3. The van der Waals surface area contributed by atoms with E-state index in [1.807, 2.05) is 24.3 Å². The fraction of sp³-hybridized carbons (Fsp3) is 0.538. The molecule has 1 atom stereocenters. The van der Waals surface area contributed by atoms with Crippen molar-refractivity contribution < 1.29 is 22.6 Å². The van der Waals surface area contributed by atoms with E-state index in [4.69, 9.17) is 10.5 Å². The number of fused-ring (bicyclic) bond motifs is 1. The maximum Gasteiger partial charge on any atom is 0.411 e.